The van der Waals surface area contributed by atoms with Gasteiger partial charge in [0.15, 0.2) is 17.5 Å². The third kappa shape index (κ3) is 4.27. The Morgan fingerprint density at radius 3 is 2.64 bits per heavy atom. The Kier molecular flexibility index (Phi) is 5.50. The first kappa shape index (κ1) is 17.6. The highest BCUT2D eigenvalue weighted by Crippen LogP contribution is 2.34. The summed E-state index contributed by atoms with van der Waals surface area (Å²) in [5.74, 6) is 1.36. The molecule has 0 saturated carbocycles. The number of anilines is 1. The molecule has 0 saturated heterocycles. The highest BCUT2D eigenvalue weighted by Gasteiger charge is 2.23. The Bertz CT molecular complexity index is 749. The molecule has 25 heavy (non-hydrogen) atoms. The van der Waals surface area contributed by atoms with Crippen LogP contribution in [0, 0.1) is 0 Å². The number of nitrogens with one attached hydrogen (secondary N) is 2. The van der Waals surface area contributed by atoms with Gasteiger partial charge in [0, 0.05) is 22.2 Å². The van der Waals surface area contributed by atoms with Crippen LogP contribution in [0.5, 0.6) is 11.5 Å². The number of likely N-dealkylation sites (N-methyl/N-ethyl adjacent to an activating group) is 1. The number of hydrogen-bond acceptors (Lipinski definition) is 4. The smallest absolute Gasteiger partial charge is 0.282 e. The fourth-order valence-electron chi connectivity index (χ4n) is 2.67. The second-order valence-corrected chi connectivity index (χ2v) is 7.03. The van der Waals surface area contributed by atoms with Crippen molar-refractivity contribution >= 4 is 23.4 Å². The molecule has 1 aliphatic heterocycles. The summed E-state index contributed by atoms with van der Waals surface area (Å²) >= 11 is 1.73. The third-order valence-electron chi connectivity index (χ3n) is 4.41. The van der Waals surface area contributed by atoms with Gasteiger partial charge in [-0.3, -0.25) is 4.79 Å². The zero-order valence-electron chi connectivity index (χ0n) is 14.7. The SMILES string of the molecule is CSc1ccc(C[NH+](C)[C@H](C)C(=O)Nc2ccc3c(c2)OCO3)cc1. The minimum absolute atomic E-state index is 0.0166. The Morgan fingerprint density at radius 1 is 1.20 bits per heavy atom. The van der Waals surface area contributed by atoms with E-state index in [1.165, 1.54) is 10.5 Å². The van der Waals surface area contributed by atoms with Gasteiger partial charge in [0.25, 0.3) is 5.91 Å². The lowest BCUT2D eigenvalue weighted by Crippen LogP contribution is -3.12. The maximum Gasteiger partial charge on any atom is 0.282 e. The molecule has 2 aromatic carbocycles. The van der Waals surface area contributed by atoms with Crippen molar-refractivity contribution in [3.63, 3.8) is 0 Å². The van der Waals surface area contributed by atoms with Gasteiger partial charge >= 0.3 is 0 Å². The van der Waals surface area contributed by atoms with E-state index in [0.29, 0.717) is 11.5 Å². The number of rotatable bonds is 6. The van der Waals surface area contributed by atoms with Gasteiger partial charge in [-0.2, -0.15) is 0 Å². The van der Waals surface area contributed by atoms with Gasteiger partial charge in [0.1, 0.15) is 6.54 Å². The molecular formula is C19H23N2O3S+. The summed E-state index contributed by atoms with van der Waals surface area (Å²) in [6.45, 7) is 2.96. The van der Waals surface area contributed by atoms with Crippen molar-refractivity contribution < 1.29 is 19.2 Å². The number of benzene rings is 2. The summed E-state index contributed by atoms with van der Waals surface area (Å²) in [4.78, 5) is 14.9. The van der Waals surface area contributed by atoms with E-state index in [1.807, 2.05) is 26.1 Å². The zero-order valence-corrected chi connectivity index (χ0v) is 15.5. The molecule has 132 valence electrons. The lowest BCUT2D eigenvalue weighted by Gasteiger charge is -2.21. The van der Waals surface area contributed by atoms with Gasteiger partial charge in [-0.05, 0) is 37.4 Å². The molecule has 2 atom stereocenters. The molecule has 1 unspecified atom stereocenters. The minimum atomic E-state index is -0.175. The zero-order chi connectivity index (χ0) is 17.8. The monoisotopic (exact) mass is 359 g/mol. The molecule has 2 N–H and O–H groups in total. The number of quaternary nitrogens is 1. The van der Waals surface area contributed by atoms with Gasteiger partial charge < -0.3 is 19.7 Å². The van der Waals surface area contributed by atoms with Gasteiger partial charge in [0.2, 0.25) is 6.79 Å². The fourth-order valence-corrected chi connectivity index (χ4v) is 3.08. The van der Waals surface area contributed by atoms with Crippen LogP contribution >= 0.6 is 11.8 Å². The first-order valence-corrected chi connectivity index (χ1v) is 9.45. The van der Waals surface area contributed by atoms with Crippen molar-refractivity contribution in [1.82, 2.24) is 0 Å². The van der Waals surface area contributed by atoms with Crippen molar-refractivity contribution in [2.45, 2.75) is 24.4 Å². The molecule has 2 aromatic rings. The van der Waals surface area contributed by atoms with E-state index in [0.717, 1.165) is 17.1 Å². The third-order valence-corrected chi connectivity index (χ3v) is 5.16. The standard InChI is InChI=1S/C19H22N2O3S/c1-13(21(2)11-14-4-7-16(25-3)8-5-14)19(22)20-15-6-9-17-18(10-15)24-12-23-17/h4-10,13H,11-12H2,1-3H3,(H,20,22)/p+1/t13-/m1/s1. The van der Waals surface area contributed by atoms with E-state index < -0.39 is 0 Å². The predicted molar refractivity (Wildman–Crippen MR) is 99.5 cm³/mol. The predicted octanol–water partition coefficient (Wildman–Crippen LogP) is 2.18. The Labute approximate surface area is 152 Å². The molecule has 0 spiro atoms. The van der Waals surface area contributed by atoms with Crippen LogP contribution in [-0.4, -0.2) is 32.0 Å². The fraction of sp³-hybridized carbons (Fsp3) is 0.316. The highest BCUT2D eigenvalue weighted by atomic mass is 32.2. The van der Waals surface area contributed by atoms with Crippen LogP contribution in [0.2, 0.25) is 0 Å². The highest BCUT2D eigenvalue weighted by molar-refractivity contribution is 7.98. The second-order valence-electron chi connectivity index (χ2n) is 6.15. The first-order valence-electron chi connectivity index (χ1n) is 8.22. The average molecular weight is 359 g/mol. The molecule has 0 radical (unpaired) electrons. The van der Waals surface area contributed by atoms with E-state index in [-0.39, 0.29) is 18.7 Å². The van der Waals surface area contributed by atoms with Gasteiger partial charge in [-0.25, -0.2) is 0 Å². The van der Waals surface area contributed by atoms with Crippen molar-refractivity contribution in [1.29, 1.82) is 0 Å². The number of ether oxygens (including phenoxy) is 2. The van der Waals surface area contributed by atoms with E-state index in [9.17, 15) is 4.79 Å². The number of hydrogen-bond donors (Lipinski definition) is 2. The Morgan fingerprint density at radius 2 is 1.92 bits per heavy atom. The van der Waals surface area contributed by atoms with Crippen molar-refractivity contribution in [3.05, 3.63) is 48.0 Å². The summed E-state index contributed by atoms with van der Waals surface area (Å²) in [5.41, 5.74) is 1.94. The normalized spacial score (nSPS) is 14.8. The molecular weight excluding hydrogens is 336 g/mol. The molecule has 1 amide bonds. The quantitative estimate of drug-likeness (QED) is 0.777. The summed E-state index contributed by atoms with van der Waals surface area (Å²) < 4.78 is 10.6. The van der Waals surface area contributed by atoms with E-state index in [4.69, 9.17) is 9.47 Å². The van der Waals surface area contributed by atoms with E-state index in [1.54, 1.807) is 17.8 Å². The lowest BCUT2D eigenvalue weighted by molar-refractivity contribution is -0.907. The Hall–Kier alpha value is -2.18. The molecule has 1 aliphatic rings. The molecule has 5 nitrogen and oxygen atoms in total. The molecule has 1 heterocycles. The maximum atomic E-state index is 12.5. The number of carbonyl (C=O) groups is 1. The molecule has 0 aliphatic carbocycles. The largest absolute Gasteiger partial charge is 0.454 e. The summed E-state index contributed by atoms with van der Waals surface area (Å²) in [7, 11) is 2.03. The van der Waals surface area contributed by atoms with Crippen LogP contribution in [-0.2, 0) is 11.3 Å². The lowest BCUT2D eigenvalue weighted by atomic mass is 10.2. The van der Waals surface area contributed by atoms with Crippen LogP contribution in [0.4, 0.5) is 5.69 Å². The first-order chi connectivity index (χ1) is 12.1. The van der Waals surface area contributed by atoms with Crippen LogP contribution in [0.15, 0.2) is 47.4 Å². The van der Waals surface area contributed by atoms with Crippen LogP contribution in [0.25, 0.3) is 0 Å². The minimum Gasteiger partial charge on any atom is -0.454 e. The van der Waals surface area contributed by atoms with E-state index in [2.05, 4.69) is 35.8 Å². The van der Waals surface area contributed by atoms with Crippen LogP contribution in [0.3, 0.4) is 0 Å². The Balaban J connectivity index is 1.59. The number of amides is 1. The number of thioether (sulfide) groups is 1. The molecule has 0 aromatic heterocycles. The van der Waals surface area contributed by atoms with Gasteiger partial charge in [-0.15, -0.1) is 11.8 Å². The number of fused-ring (bicyclic) bond motifs is 1. The molecule has 3 rings (SSSR count). The average Bonchev–Trinajstić information content (AvgIpc) is 3.09. The topological polar surface area (TPSA) is 52.0 Å². The molecule has 0 bridgehead atoms. The van der Waals surface area contributed by atoms with Crippen molar-refractivity contribution in [2.75, 3.05) is 25.4 Å². The van der Waals surface area contributed by atoms with Crippen LogP contribution < -0.4 is 19.7 Å². The number of carbonyl (C=O) groups excluding carboxylic acids is 1. The van der Waals surface area contributed by atoms with Gasteiger partial charge in [-0.1, -0.05) is 12.1 Å². The van der Waals surface area contributed by atoms with Crippen molar-refractivity contribution in [3.8, 4) is 11.5 Å². The maximum absolute atomic E-state index is 12.5. The summed E-state index contributed by atoms with van der Waals surface area (Å²) in [6, 6.07) is 13.7. The summed E-state index contributed by atoms with van der Waals surface area (Å²) in [6.07, 6.45) is 2.06. The second kappa shape index (κ2) is 7.80. The molecule has 0 fully saturated rings. The van der Waals surface area contributed by atoms with E-state index >= 15 is 0 Å². The van der Waals surface area contributed by atoms with Crippen LogP contribution in [0.1, 0.15) is 12.5 Å². The van der Waals surface area contributed by atoms with Gasteiger partial charge in [0.05, 0.1) is 7.05 Å². The van der Waals surface area contributed by atoms with Crippen molar-refractivity contribution in [2.24, 2.45) is 0 Å². The molecule has 6 heteroatoms. The summed E-state index contributed by atoms with van der Waals surface area (Å²) in [5, 5.41) is 2.96.